The molecule has 1 aliphatic rings. The number of hydrogen-bond acceptors (Lipinski definition) is 4. The van der Waals surface area contributed by atoms with Gasteiger partial charge in [-0.15, -0.1) is 0 Å². The molecule has 19 heavy (non-hydrogen) atoms. The molecule has 0 radical (unpaired) electrons. The Morgan fingerprint density at radius 1 is 1.26 bits per heavy atom. The Morgan fingerprint density at radius 2 is 1.95 bits per heavy atom. The van der Waals surface area contributed by atoms with E-state index in [0.29, 0.717) is 6.42 Å². The smallest absolute Gasteiger partial charge is 0.338 e. The quantitative estimate of drug-likeness (QED) is 0.569. The predicted octanol–water partition coefficient (Wildman–Crippen LogP) is 2.62. The van der Waals surface area contributed by atoms with Gasteiger partial charge in [0.2, 0.25) is 0 Å². The van der Waals surface area contributed by atoms with Crippen molar-refractivity contribution in [1.82, 2.24) is 0 Å². The minimum atomic E-state index is -0.796. The first-order valence-corrected chi connectivity index (χ1v) is 7.06. The molecule has 0 spiro atoms. The molecule has 0 bridgehead atoms. The molecule has 2 N–H and O–H groups in total. The third-order valence-corrected chi connectivity index (χ3v) is 3.03. The first kappa shape index (κ1) is 15.9. The highest BCUT2D eigenvalue weighted by atomic mass is 16.6. The number of hydrogen-bond donors (Lipinski definition) is 1. The highest BCUT2D eigenvalue weighted by molar-refractivity contribution is 5.91. The topological polar surface area (TPSA) is 64.7 Å². The van der Waals surface area contributed by atoms with Gasteiger partial charge in [0.15, 0.2) is 5.54 Å². The number of nitrogens with two attached hydrogens (primary N) is 1. The molecule has 1 atom stereocenters. The molecular weight excluding hydrogens is 240 g/mol. The summed E-state index contributed by atoms with van der Waals surface area (Å²) in [6.07, 6.45) is 10.2. The van der Waals surface area contributed by atoms with Crippen molar-refractivity contribution < 1.29 is 9.53 Å². The van der Waals surface area contributed by atoms with Gasteiger partial charge >= 0.3 is 5.97 Å². The maximum atomic E-state index is 12.3. The van der Waals surface area contributed by atoms with Crippen molar-refractivity contribution in [1.29, 1.82) is 0 Å². The lowest BCUT2D eigenvalue weighted by molar-refractivity contribution is -0.159. The zero-order valence-electron chi connectivity index (χ0n) is 12.3. The van der Waals surface area contributed by atoms with E-state index in [-0.39, 0.29) is 5.97 Å². The maximum absolute atomic E-state index is 12.3. The number of ether oxygens (including phenoxy) is 1. The maximum Gasteiger partial charge on any atom is 0.338 e. The van der Waals surface area contributed by atoms with E-state index in [1.54, 1.807) is 6.21 Å². The molecular formula is C15H26N2O2. The summed E-state index contributed by atoms with van der Waals surface area (Å²) in [7, 11) is 0. The van der Waals surface area contributed by atoms with Gasteiger partial charge < -0.3 is 10.5 Å². The third kappa shape index (κ3) is 5.15. The number of rotatable bonds is 7. The molecule has 1 aliphatic heterocycles. The summed E-state index contributed by atoms with van der Waals surface area (Å²) >= 11 is 0. The van der Waals surface area contributed by atoms with Gasteiger partial charge in [0.05, 0.1) is 0 Å². The number of unbranched alkanes of at least 4 members (excludes halogenated alkanes) is 3. The Labute approximate surface area is 116 Å². The lowest BCUT2D eigenvalue weighted by atomic mass is 9.93. The first-order valence-electron chi connectivity index (χ1n) is 7.06. The fourth-order valence-electron chi connectivity index (χ4n) is 2.05. The van der Waals surface area contributed by atoms with E-state index in [0.717, 1.165) is 32.2 Å². The number of nitrogens with zero attached hydrogens (tertiary/aromatic N) is 1. The zero-order valence-corrected chi connectivity index (χ0v) is 12.3. The van der Waals surface area contributed by atoms with Crippen LogP contribution in [0.3, 0.4) is 0 Å². The second-order valence-electron chi connectivity index (χ2n) is 6.02. The van der Waals surface area contributed by atoms with E-state index in [2.05, 4.69) is 4.99 Å². The molecule has 1 rings (SSSR count). The van der Waals surface area contributed by atoms with Gasteiger partial charge in [0, 0.05) is 6.21 Å². The molecule has 0 aromatic rings. The summed E-state index contributed by atoms with van der Waals surface area (Å²) < 4.78 is 5.48. The van der Waals surface area contributed by atoms with Crippen LogP contribution in [0, 0.1) is 0 Å². The van der Waals surface area contributed by atoms with Gasteiger partial charge in [-0.3, -0.25) is 4.99 Å². The second kappa shape index (κ2) is 6.85. The highest BCUT2D eigenvalue weighted by Gasteiger charge is 2.39. The van der Waals surface area contributed by atoms with Crippen molar-refractivity contribution in [3.8, 4) is 0 Å². The van der Waals surface area contributed by atoms with E-state index >= 15 is 0 Å². The van der Waals surface area contributed by atoms with Gasteiger partial charge in [0.25, 0.3) is 0 Å². The van der Waals surface area contributed by atoms with Crippen molar-refractivity contribution in [3.05, 3.63) is 12.2 Å². The predicted molar refractivity (Wildman–Crippen MR) is 78.3 cm³/mol. The Bertz CT molecular complexity index is 342. The second-order valence-corrected chi connectivity index (χ2v) is 6.02. The van der Waals surface area contributed by atoms with E-state index in [4.69, 9.17) is 10.5 Å². The van der Waals surface area contributed by atoms with E-state index in [9.17, 15) is 4.79 Å². The number of allylic oxidation sites excluding steroid dienone is 1. The highest BCUT2D eigenvalue weighted by Crippen LogP contribution is 2.28. The molecule has 108 valence electrons. The van der Waals surface area contributed by atoms with Crippen LogP contribution in [0.4, 0.5) is 0 Å². The summed E-state index contributed by atoms with van der Waals surface area (Å²) in [6.45, 7) is 6.36. The van der Waals surface area contributed by atoms with Crippen molar-refractivity contribution in [2.45, 2.75) is 64.0 Å². The van der Waals surface area contributed by atoms with E-state index in [1.165, 1.54) is 0 Å². The van der Waals surface area contributed by atoms with Crippen molar-refractivity contribution >= 4 is 12.2 Å². The van der Waals surface area contributed by atoms with Crippen LogP contribution in [0.2, 0.25) is 0 Å². The Kier molecular flexibility index (Phi) is 5.73. The van der Waals surface area contributed by atoms with Crippen LogP contribution in [0.5, 0.6) is 0 Å². The van der Waals surface area contributed by atoms with Crippen LogP contribution < -0.4 is 5.73 Å². The Hall–Kier alpha value is -1.16. The lowest BCUT2D eigenvalue weighted by Crippen LogP contribution is -2.39. The number of carbonyl (C=O) groups is 1. The summed E-state index contributed by atoms with van der Waals surface area (Å²) in [5.74, 6) is -0.246. The molecule has 4 nitrogen and oxygen atoms in total. The van der Waals surface area contributed by atoms with Crippen LogP contribution in [0.15, 0.2) is 17.1 Å². The normalized spacial score (nSPS) is 21.9. The fraction of sp³-hybridized carbons (Fsp3) is 0.733. The standard InChI is InChI=1S/C15H26N2O2/c1-14(2,3)19-13(18)15(10-8-12-17-15)9-6-4-5-7-11-16/h8,10,12H,4-7,9,11,16H2,1-3H3. The third-order valence-electron chi connectivity index (χ3n) is 3.03. The largest absolute Gasteiger partial charge is 0.458 e. The lowest BCUT2D eigenvalue weighted by Gasteiger charge is -2.28. The number of esters is 1. The molecule has 4 heteroatoms. The summed E-state index contributed by atoms with van der Waals surface area (Å²) in [5.41, 5.74) is 4.20. The molecule has 0 aromatic carbocycles. The monoisotopic (exact) mass is 266 g/mol. The van der Waals surface area contributed by atoms with Gasteiger partial charge in [-0.2, -0.15) is 0 Å². The Morgan fingerprint density at radius 3 is 2.47 bits per heavy atom. The van der Waals surface area contributed by atoms with Crippen LogP contribution >= 0.6 is 0 Å². The van der Waals surface area contributed by atoms with Crippen LogP contribution in [0.1, 0.15) is 52.9 Å². The minimum Gasteiger partial charge on any atom is -0.458 e. The average Bonchev–Trinajstić information content (AvgIpc) is 2.76. The van der Waals surface area contributed by atoms with Crippen molar-refractivity contribution in [2.24, 2.45) is 10.7 Å². The number of carbonyl (C=O) groups excluding carboxylic acids is 1. The van der Waals surface area contributed by atoms with Crippen molar-refractivity contribution in [3.63, 3.8) is 0 Å². The molecule has 0 saturated heterocycles. The molecule has 0 saturated carbocycles. The molecule has 1 unspecified atom stereocenters. The SMILES string of the molecule is CC(C)(C)OC(=O)C1(CCCCCCN)C=CC=N1. The van der Waals surface area contributed by atoms with Gasteiger partial charge in [-0.05, 0) is 52.3 Å². The van der Waals surface area contributed by atoms with E-state index in [1.807, 2.05) is 32.9 Å². The zero-order chi connectivity index (χ0) is 14.4. The molecule has 1 heterocycles. The molecule has 0 amide bonds. The van der Waals surface area contributed by atoms with Crippen LogP contribution in [-0.2, 0) is 9.53 Å². The average molecular weight is 266 g/mol. The summed E-state index contributed by atoms with van der Waals surface area (Å²) in [4.78, 5) is 16.6. The minimum absolute atomic E-state index is 0.246. The van der Waals surface area contributed by atoms with E-state index < -0.39 is 11.1 Å². The molecule has 0 fully saturated rings. The number of aliphatic imine (C=N–C) groups is 1. The van der Waals surface area contributed by atoms with Crippen LogP contribution in [0.25, 0.3) is 0 Å². The summed E-state index contributed by atoms with van der Waals surface area (Å²) in [5, 5.41) is 0. The van der Waals surface area contributed by atoms with Crippen LogP contribution in [-0.4, -0.2) is 29.9 Å². The van der Waals surface area contributed by atoms with Crippen molar-refractivity contribution in [2.75, 3.05) is 6.54 Å². The van der Waals surface area contributed by atoms with Gasteiger partial charge in [-0.1, -0.05) is 19.3 Å². The van der Waals surface area contributed by atoms with Gasteiger partial charge in [-0.25, -0.2) is 4.79 Å². The van der Waals surface area contributed by atoms with Gasteiger partial charge in [0.1, 0.15) is 5.60 Å². The molecule has 0 aliphatic carbocycles. The Balaban J connectivity index is 2.53. The fourth-order valence-corrected chi connectivity index (χ4v) is 2.05. The summed E-state index contributed by atoms with van der Waals surface area (Å²) in [6, 6.07) is 0. The molecule has 0 aromatic heterocycles. The first-order chi connectivity index (χ1) is 8.90.